The average Bonchev–Trinajstić information content (AvgIpc) is 2.66. The first kappa shape index (κ1) is 19.6. The van der Waals surface area contributed by atoms with Crippen molar-refractivity contribution in [3.05, 3.63) is 89.7 Å². The molecule has 3 rings (SSSR count). The summed E-state index contributed by atoms with van der Waals surface area (Å²) in [6, 6.07) is 18.8. The number of carbonyl (C=O) groups is 1. The fourth-order valence-electron chi connectivity index (χ4n) is 2.63. The Balaban J connectivity index is 1.74. The Morgan fingerprint density at radius 2 is 1.75 bits per heavy atom. The second-order valence-electron chi connectivity index (χ2n) is 6.17. The number of hydrogen-bond acceptors (Lipinski definition) is 4. The quantitative estimate of drug-likeness (QED) is 0.678. The van der Waals surface area contributed by atoms with E-state index in [0.717, 1.165) is 6.26 Å². The monoisotopic (exact) mass is 399 g/mol. The second-order valence-corrected chi connectivity index (χ2v) is 8.15. The first-order chi connectivity index (χ1) is 13.3. The summed E-state index contributed by atoms with van der Waals surface area (Å²) in [7, 11) is -3.54. The summed E-state index contributed by atoms with van der Waals surface area (Å²) in [6.45, 7) is 0.173. The van der Waals surface area contributed by atoms with Crippen LogP contribution in [0.4, 0.5) is 10.1 Å². The van der Waals surface area contributed by atoms with Gasteiger partial charge in [-0.3, -0.25) is 4.79 Å². The Morgan fingerprint density at radius 1 is 1.00 bits per heavy atom. The molecule has 144 valence electrons. The zero-order valence-corrected chi connectivity index (χ0v) is 15.9. The van der Waals surface area contributed by atoms with Gasteiger partial charge in [0.05, 0.1) is 10.5 Å². The van der Waals surface area contributed by atoms with Crippen LogP contribution < -0.4 is 10.1 Å². The van der Waals surface area contributed by atoms with E-state index in [4.69, 9.17) is 4.74 Å². The zero-order chi connectivity index (χ0) is 20.1. The van der Waals surface area contributed by atoms with Crippen molar-refractivity contribution in [1.82, 2.24) is 0 Å². The number of anilines is 1. The molecule has 0 aliphatic carbocycles. The van der Waals surface area contributed by atoms with Crippen LogP contribution in [-0.2, 0) is 16.4 Å². The predicted molar refractivity (Wildman–Crippen MR) is 105 cm³/mol. The number of halogens is 1. The summed E-state index contributed by atoms with van der Waals surface area (Å²) in [5.41, 5.74) is 1.19. The lowest BCUT2D eigenvalue weighted by Gasteiger charge is -2.11. The fourth-order valence-corrected chi connectivity index (χ4v) is 3.52. The molecular formula is C21H18FNO4S. The van der Waals surface area contributed by atoms with Crippen LogP contribution in [-0.4, -0.2) is 20.6 Å². The SMILES string of the molecule is CS(=O)(=O)c1ccccc1C(=O)Nc1cccc(OCc2cccc(F)c2)c1. The number of rotatable bonds is 6. The third-order valence-electron chi connectivity index (χ3n) is 3.92. The molecule has 0 heterocycles. The van der Waals surface area contributed by atoms with Crippen LogP contribution >= 0.6 is 0 Å². The molecule has 0 unspecified atom stereocenters. The van der Waals surface area contributed by atoms with Crippen molar-refractivity contribution in [1.29, 1.82) is 0 Å². The Hall–Kier alpha value is -3.19. The van der Waals surface area contributed by atoms with E-state index < -0.39 is 15.7 Å². The molecule has 0 spiro atoms. The average molecular weight is 399 g/mol. The molecular weight excluding hydrogens is 381 g/mol. The van der Waals surface area contributed by atoms with Gasteiger partial charge in [-0.15, -0.1) is 0 Å². The lowest BCUT2D eigenvalue weighted by atomic mass is 10.2. The zero-order valence-electron chi connectivity index (χ0n) is 15.1. The van der Waals surface area contributed by atoms with Gasteiger partial charge in [-0.05, 0) is 42.0 Å². The molecule has 7 heteroatoms. The second kappa shape index (κ2) is 8.22. The maximum absolute atomic E-state index is 13.2. The molecule has 0 aromatic heterocycles. The van der Waals surface area contributed by atoms with Gasteiger partial charge in [0.2, 0.25) is 0 Å². The predicted octanol–water partition coefficient (Wildman–Crippen LogP) is 4.06. The molecule has 0 fully saturated rings. The van der Waals surface area contributed by atoms with Gasteiger partial charge in [-0.1, -0.05) is 30.3 Å². The molecule has 28 heavy (non-hydrogen) atoms. The minimum Gasteiger partial charge on any atom is -0.489 e. The van der Waals surface area contributed by atoms with Crippen LogP contribution in [0.25, 0.3) is 0 Å². The van der Waals surface area contributed by atoms with E-state index in [1.54, 1.807) is 48.5 Å². The molecule has 1 amide bonds. The van der Waals surface area contributed by atoms with Crippen LogP contribution in [0.5, 0.6) is 5.75 Å². The highest BCUT2D eigenvalue weighted by molar-refractivity contribution is 7.90. The van der Waals surface area contributed by atoms with Crippen molar-refractivity contribution < 1.29 is 22.3 Å². The number of amides is 1. The molecule has 3 aromatic rings. The summed E-state index contributed by atoms with van der Waals surface area (Å²) in [6.07, 6.45) is 1.06. The van der Waals surface area contributed by atoms with Gasteiger partial charge in [0.1, 0.15) is 18.2 Å². The third-order valence-corrected chi connectivity index (χ3v) is 5.07. The summed E-state index contributed by atoms with van der Waals surface area (Å²) in [4.78, 5) is 12.5. The molecule has 1 N–H and O–H groups in total. The standard InChI is InChI=1S/C21H18FNO4S/c1-28(25,26)20-11-3-2-10-19(20)21(24)23-17-8-5-9-18(13-17)27-14-15-6-4-7-16(22)12-15/h2-13H,14H2,1H3,(H,23,24). The molecule has 0 aliphatic rings. The van der Waals surface area contributed by atoms with Gasteiger partial charge in [0.25, 0.3) is 5.91 Å². The molecule has 3 aromatic carbocycles. The van der Waals surface area contributed by atoms with E-state index in [2.05, 4.69) is 5.32 Å². The summed E-state index contributed by atoms with van der Waals surface area (Å²) in [5, 5.41) is 2.68. The Kier molecular flexibility index (Phi) is 5.75. The van der Waals surface area contributed by atoms with Crippen LogP contribution in [0.1, 0.15) is 15.9 Å². The van der Waals surface area contributed by atoms with Crippen LogP contribution in [0.2, 0.25) is 0 Å². The molecule has 0 atom stereocenters. The fraction of sp³-hybridized carbons (Fsp3) is 0.0952. The number of hydrogen-bond donors (Lipinski definition) is 1. The van der Waals surface area contributed by atoms with Gasteiger partial charge >= 0.3 is 0 Å². The van der Waals surface area contributed by atoms with E-state index in [1.807, 2.05) is 0 Å². The molecule has 0 saturated carbocycles. The topological polar surface area (TPSA) is 72.5 Å². The first-order valence-corrected chi connectivity index (χ1v) is 10.3. The number of ether oxygens (including phenoxy) is 1. The summed E-state index contributed by atoms with van der Waals surface area (Å²) < 4.78 is 42.6. The number of sulfone groups is 1. The van der Waals surface area contributed by atoms with Crippen molar-refractivity contribution in [3.8, 4) is 5.75 Å². The summed E-state index contributed by atoms with van der Waals surface area (Å²) in [5.74, 6) is -0.395. The molecule has 0 aliphatic heterocycles. The van der Waals surface area contributed by atoms with Crippen molar-refractivity contribution >= 4 is 21.4 Å². The lowest BCUT2D eigenvalue weighted by Crippen LogP contribution is -2.16. The highest BCUT2D eigenvalue weighted by Gasteiger charge is 2.18. The minimum atomic E-state index is -3.54. The first-order valence-electron chi connectivity index (χ1n) is 8.41. The number of nitrogens with one attached hydrogen (secondary N) is 1. The highest BCUT2D eigenvalue weighted by Crippen LogP contribution is 2.21. The number of carbonyl (C=O) groups excluding carboxylic acids is 1. The molecule has 0 saturated heterocycles. The third kappa shape index (κ3) is 4.95. The normalized spacial score (nSPS) is 11.1. The van der Waals surface area contributed by atoms with Crippen molar-refractivity contribution in [2.24, 2.45) is 0 Å². The summed E-state index contributed by atoms with van der Waals surface area (Å²) >= 11 is 0. The lowest BCUT2D eigenvalue weighted by molar-refractivity contribution is 0.102. The molecule has 5 nitrogen and oxygen atoms in total. The minimum absolute atomic E-state index is 0.0361. The van der Waals surface area contributed by atoms with Gasteiger partial charge in [-0.25, -0.2) is 12.8 Å². The maximum Gasteiger partial charge on any atom is 0.256 e. The van der Waals surface area contributed by atoms with Crippen LogP contribution in [0, 0.1) is 5.82 Å². The van der Waals surface area contributed by atoms with E-state index in [0.29, 0.717) is 17.0 Å². The van der Waals surface area contributed by atoms with E-state index in [-0.39, 0.29) is 22.9 Å². The molecule has 0 radical (unpaired) electrons. The van der Waals surface area contributed by atoms with E-state index in [9.17, 15) is 17.6 Å². The molecule has 0 bridgehead atoms. The maximum atomic E-state index is 13.2. The van der Waals surface area contributed by atoms with E-state index in [1.165, 1.54) is 24.3 Å². The number of benzene rings is 3. The van der Waals surface area contributed by atoms with Crippen molar-refractivity contribution in [2.75, 3.05) is 11.6 Å². The Labute approximate surface area is 162 Å². The smallest absolute Gasteiger partial charge is 0.256 e. The van der Waals surface area contributed by atoms with E-state index >= 15 is 0 Å². The van der Waals surface area contributed by atoms with Crippen molar-refractivity contribution in [3.63, 3.8) is 0 Å². The van der Waals surface area contributed by atoms with Gasteiger partial charge in [-0.2, -0.15) is 0 Å². The Morgan fingerprint density at radius 3 is 2.50 bits per heavy atom. The van der Waals surface area contributed by atoms with Gasteiger partial charge in [0, 0.05) is 18.0 Å². The van der Waals surface area contributed by atoms with Gasteiger partial charge in [0.15, 0.2) is 9.84 Å². The Bertz CT molecular complexity index is 1110. The van der Waals surface area contributed by atoms with Crippen LogP contribution in [0.3, 0.4) is 0 Å². The van der Waals surface area contributed by atoms with Gasteiger partial charge < -0.3 is 10.1 Å². The highest BCUT2D eigenvalue weighted by atomic mass is 32.2. The largest absolute Gasteiger partial charge is 0.489 e. The van der Waals surface area contributed by atoms with Crippen molar-refractivity contribution in [2.45, 2.75) is 11.5 Å². The van der Waals surface area contributed by atoms with Crippen LogP contribution in [0.15, 0.2) is 77.7 Å².